The fraction of sp³-hybridized carbons (Fsp3) is 0.455. The van der Waals surface area contributed by atoms with Crippen molar-refractivity contribution in [1.29, 1.82) is 0 Å². The molecule has 1 aliphatic rings. The summed E-state index contributed by atoms with van der Waals surface area (Å²) in [6.07, 6.45) is 5.81. The summed E-state index contributed by atoms with van der Waals surface area (Å²) < 4.78 is 2.04. The Morgan fingerprint density at radius 2 is 2.06 bits per heavy atom. The molecule has 92 valence electrons. The van der Waals surface area contributed by atoms with Gasteiger partial charge >= 0.3 is 0 Å². The number of hydrogen-bond acceptors (Lipinski definition) is 4. The van der Waals surface area contributed by atoms with E-state index in [1.165, 1.54) is 0 Å². The lowest BCUT2D eigenvalue weighted by molar-refractivity contribution is 0.585. The van der Waals surface area contributed by atoms with Crippen LogP contribution in [0.3, 0.4) is 0 Å². The van der Waals surface area contributed by atoms with Crippen molar-refractivity contribution in [2.75, 3.05) is 31.1 Å². The number of piperazine rings is 1. The van der Waals surface area contributed by atoms with Crippen LogP contribution in [0, 0.1) is 6.92 Å². The summed E-state index contributed by atoms with van der Waals surface area (Å²) in [6.45, 7) is 6.04. The highest BCUT2D eigenvalue weighted by atomic mass is 35.5. The van der Waals surface area contributed by atoms with Gasteiger partial charge in [-0.3, -0.25) is 0 Å². The van der Waals surface area contributed by atoms with Crippen molar-refractivity contribution in [1.82, 2.24) is 19.7 Å². The van der Waals surface area contributed by atoms with Gasteiger partial charge in [0.25, 0.3) is 0 Å². The molecular formula is C11H16ClN5. The van der Waals surface area contributed by atoms with Crippen LogP contribution < -0.4 is 10.2 Å². The Bertz CT molecular complexity index is 504. The topological polar surface area (TPSA) is 45.5 Å². The van der Waals surface area contributed by atoms with Crippen LogP contribution in [0.5, 0.6) is 0 Å². The number of rotatable bonds is 1. The molecule has 0 saturated carbocycles. The highest BCUT2D eigenvalue weighted by molar-refractivity contribution is 5.85. The van der Waals surface area contributed by atoms with Crippen LogP contribution in [-0.4, -0.2) is 40.5 Å². The zero-order chi connectivity index (χ0) is 11.0. The van der Waals surface area contributed by atoms with E-state index in [0.29, 0.717) is 0 Å². The highest BCUT2D eigenvalue weighted by Crippen LogP contribution is 2.18. The largest absolute Gasteiger partial charge is 0.351 e. The van der Waals surface area contributed by atoms with Crippen LogP contribution in [0.4, 0.5) is 5.82 Å². The average molecular weight is 254 g/mol. The highest BCUT2D eigenvalue weighted by Gasteiger charge is 2.15. The van der Waals surface area contributed by atoms with Crippen molar-refractivity contribution < 1.29 is 0 Å². The van der Waals surface area contributed by atoms with Gasteiger partial charge in [0.1, 0.15) is 0 Å². The van der Waals surface area contributed by atoms with Crippen molar-refractivity contribution in [3.8, 4) is 0 Å². The fourth-order valence-electron chi connectivity index (χ4n) is 2.13. The molecule has 0 spiro atoms. The molecule has 5 nitrogen and oxygen atoms in total. The molecular weight excluding hydrogens is 238 g/mol. The molecule has 1 aliphatic heterocycles. The zero-order valence-electron chi connectivity index (χ0n) is 9.76. The van der Waals surface area contributed by atoms with E-state index in [4.69, 9.17) is 0 Å². The van der Waals surface area contributed by atoms with Crippen LogP contribution in [0.25, 0.3) is 5.65 Å². The minimum atomic E-state index is 0. The predicted octanol–water partition coefficient (Wildman–Crippen LogP) is 0.869. The van der Waals surface area contributed by atoms with Gasteiger partial charge in [-0.1, -0.05) is 0 Å². The first-order valence-corrected chi connectivity index (χ1v) is 5.60. The third-order valence-corrected chi connectivity index (χ3v) is 2.89. The van der Waals surface area contributed by atoms with E-state index >= 15 is 0 Å². The van der Waals surface area contributed by atoms with Crippen LogP contribution in [-0.2, 0) is 0 Å². The van der Waals surface area contributed by atoms with E-state index in [1.807, 2.05) is 29.9 Å². The first-order valence-electron chi connectivity index (χ1n) is 5.60. The van der Waals surface area contributed by atoms with Crippen LogP contribution in [0.15, 0.2) is 18.6 Å². The Kier molecular flexibility index (Phi) is 3.49. The normalized spacial score (nSPS) is 15.9. The third-order valence-electron chi connectivity index (χ3n) is 2.89. The molecule has 0 aromatic carbocycles. The summed E-state index contributed by atoms with van der Waals surface area (Å²) >= 11 is 0. The van der Waals surface area contributed by atoms with Gasteiger partial charge in [0.2, 0.25) is 0 Å². The summed E-state index contributed by atoms with van der Waals surface area (Å²) in [5.41, 5.74) is 1.99. The van der Waals surface area contributed by atoms with Crippen LogP contribution >= 0.6 is 12.4 Å². The number of anilines is 1. The molecule has 17 heavy (non-hydrogen) atoms. The molecule has 2 aromatic heterocycles. The summed E-state index contributed by atoms with van der Waals surface area (Å²) in [7, 11) is 0. The van der Waals surface area contributed by atoms with E-state index in [9.17, 15) is 0 Å². The summed E-state index contributed by atoms with van der Waals surface area (Å²) in [4.78, 5) is 11.3. The summed E-state index contributed by atoms with van der Waals surface area (Å²) in [5.74, 6) is 0.997. The third kappa shape index (κ3) is 2.21. The van der Waals surface area contributed by atoms with Gasteiger partial charge in [0, 0.05) is 44.8 Å². The monoisotopic (exact) mass is 253 g/mol. The van der Waals surface area contributed by atoms with Crippen molar-refractivity contribution in [2.24, 2.45) is 0 Å². The number of aryl methyl sites for hydroxylation is 1. The van der Waals surface area contributed by atoms with Gasteiger partial charge < -0.3 is 14.6 Å². The molecule has 6 heteroatoms. The number of halogens is 1. The average Bonchev–Trinajstić information content (AvgIpc) is 2.70. The van der Waals surface area contributed by atoms with Gasteiger partial charge in [-0.05, 0) is 6.92 Å². The molecule has 1 saturated heterocycles. The van der Waals surface area contributed by atoms with Gasteiger partial charge in [0.05, 0.1) is 5.69 Å². The molecule has 0 unspecified atom stereocenters. The van der Waals surface area contributed by atoms with Crippen molar-refractivity contribution in [3.05, 3.63) is 24.3 Å². The van der Waals surface area contributed by atoms with Gasteiger partial charge in [-0.25, -0.2) is 9.97 Å². The Labute approximate surface area is 106 Å². The number of imidazole rings is 1. The maximum Gasteiger partial charge on any atom is 0.180 e. The van der Waals surface area contributed by atoms with E-state index < -0.39 is 0 Å². The Balaban J connectivity index is 0.00000108. The lowest BCUT2D eigenvalue weighted by atomic mass is 10.3. The van der Waals surface area contributed by atoms with Crippen molar-refractivity contribution in [3.63, 3.8) is 0 Å². The van der Waals surface area contributed by atoms with E-state index in [0.717, 1.165) is 43.3 Å². The standard InChI is InChI=1S/C11H15N5.ClH/c1-9-8-16-7-4-13-10(11(16)14-9)15-5-2-12-3-6-15;/h4,7-8,12H,2-3,5-6H2,1H3;1H. The lowest BCUT2D eigenvalue weighted by Gasteiger charge is -2.28. The minimum absolute atomic E-state index is 0. The Hall–Kier alpha value is -1.33. The Morgan fingerprint density at radius 1 is 1.29 bits per heavy atom. The zero-order valence-corrected chi connectivity index (χ0v) is 10.6. The smallest absolute Gasteiger partial charge is 0.180 e. The number of nitrogens with one attached hydrogen (secondary N) is 1. The van der Waals surface area contributed by atoms with Crippen LogP contribution in [0.2, 0.25) is 0 Å². The first-order chi connectivity index (χ1) is 7.84. The quantitative estimate of drug-likeness (QED) is 0.819. The fourth-order valence-corrected chi connectivity index (χ4v) is 2.13. The number of nitrogens with zero attached hydrogens (tertiary/aromatic N) is 4. The molecule has 1 N–H and O–H groups in total. The first kappa shape index (κ1) is 12.1. The molecule has 0 atom stereocenters. The van der Waals surface area contributed by atoms with Crippen molar-refractivity contribution >= 4 is 23.9 Å². The van der Waals surface area contributed by atoms with Crippen LogP contribution in [0.1, 0.15) is 5.69 Å². The molecule has 2 aromatic rings. The summed E-state index contributed by atoms with van der Waals surface area (Å²) in [6, 6.07) is 0. The second-order valence-electron chi connectivity index (χ2n) is 4.10. The van der Waals surface area contributed by atoms with E-state index in [-0.39, 0.29) is 12.4 Å². The van der Waals surface area contributed by atoms with Gasteiger partial charge in [0.15, 0.2) is 11.5 Å². The molecule has 3 heterocycles. The van der Waals surface area contributed by atoms with E-state index in [2.05, 4.69) is 20.2 Å². The minimum Gasteiger partial charge on any atom is -0.351 e. The Morgan fingerprint density at radius 3 is 2.82 bits per heavy atom. The maximum atomic E-state index is 4.53. The lowest BCUT2D eigenvalue weighted by Crippen LogP contribution is -2.44. The molecule has 1 fully saturated rings. The summed E-state index contributed by atoms with van der Waals surface area (Å²) in [5, 5.41) is 3.34. The second-order valence-corrected chi connectivity index (χ2v) is 4.10. The maximum absolute atomic E-state index is 4.53. The SMILES string of the molecule is Cc1cn2ccnc(N3CCNCC3)c2n1.Cl. The number of hydrogen-bond donors (Lipinski definition) is 1. The van der Waals surface area contributed by atoms with Gasteiger partial charge in [-0.2, -0.15) is 0 Å². The molecule has 0 aliphatic carbocycles. The number of aromatic nitrogens is 3. The molecule has 0 radical (unpaired) electrons. The van der Waals surface area contributed by atoms with Gasteiger partial charge in [-0.15, -0.1) is 12.4 Å². The second kappa shape index (κ2) is 4.89. The molecule has 0 amide bonds. The predicted molar refractivity (Wildman–Crippen MR) is 70.1 cm³/mol. The number of fused-ring (bicyclic) bond motifs is 1. The molecule has 3 rings (SSSR count). The van der Waals surface area contributed by atoms with Crippen molar-refractivity contribution in [2.45, 2.75) is 6.92 Å². The molecule has 0 bridgehead atoms. The van der Waals surface area contributed by atoms with E-state index in [1.54, 1.807) is 0 Å².